The van der Waals surface area contributed by atoms with Crippen molar-refractivity contribution in [3.05, 3.63) is 53.2 Å². The molecule has 1 fully saturated rings. The van der Waals surface area contributed by atoms with E-state index in [-0.39, 0.29) is 23.9 Å². The Morgan fingerprint density at radius 2 is 1.82 bits per heavy atom. The lowest BCUT2D eigenvalue weighted by Crippen LogP contribution is -2.50. The van der Waals surface area contributed by atoms with Crippen LogP contribution < -0.4 is 15.5 Å². The van der Waals surface area contributed by atoms with Gasteiger partial charge >= 0.3 is 5.97 Å². The van der Waals surface area contributed by atoms with Crippen LogP contribution >= 0.6 is 0 Å². The molecule has 3 N–H and O–H groups in total. The number of aryl methyl sites for hydroxylation is 1. The number of hydrogen-bond donors (Lipinski definition) is 3. The fourth-order valence-electron chi connectivity index (χ4n) is 3.51. The van der Waals surface area contributed by atoms with E-state index < -0.39 is 5.97 Å². The summed E-state index contributed by atoms with van der Waals surface area (Å²) < 4.78 is 4.92. The monoisotopic (exact) mass is 455 g/mol. The van der Waals surface area contributed by atoms with Gasteiger partial charge in [0.25, 0.3) is 5.91 Å². The minimum atomic E-state index is -1.12. The number of amides is 2. The van der Waals surface area contributed by atoms with Crippen molar-refractivity contribution < 1.29 is 24.2 Å². The second-order valence-corrected chi connectivity index (χ2v) is 7.83. The SMILES string of the molecule is COCCNC(=O)CN1CCN(c2ncc(NC(=O)c3ccc(C)cc3)cc2C(=O)O)CC1. The van der Waals surface area contributed by atoms with Gasteiger partial charge in [-0.2, -0.15) is 0 Å². The van der Waals surface area contributed by atoms with Crippen molar-refractivity contribution in [2.24, 2.45) is 0 Å². The van der Waals surface area contributed by atoms with Gasteiger partial charge in [-0.1, -0.05) is 17.7 Å². The number of rotatable bonds is 9. The summed E-state index contributed by atoms with van der Waals surface area (Å²) in [6, 6.07) is 8.51. The van der Waals surface area contributed by atoms with Crippen molar-refractivity contribution in [3.63, 3.8) is 0 Å². The second kappa shape index (κ2) is 11.4. The van der Waals surface area contributed by atoms with Gasteiger partial charge in [-0.3, -0.25) is 14.5 Å². The molecule has 1 aromatic heterocycles. The topological polar surface area (TPSA) is 124 Å². The van der Waals surface area contributed by atoms with Gasteiger partial charge in [0.05, 0.1) is 25.0 Å². The number of carbonyl (C=O) groups is 3. The van der Waals surface area contributed by atoms with Gasteiger partial charge in [0.2, 0.25) is 5.91 Å². The summed E-state index contributed by atoms with van der Waals surface area (Å²) in [4.78, 5) is 44.6. The number of piperazine rings is 1. The molecular formula is C23H29N5O5. The first kappa shape index (κ1) is 24.1. The molecule has 0 spiro atoms. The second-order valence-electron chi connectivity index (χ2n) is 7.83. The lowest BCUT2D eigenvalue weighted by molar-refractivity contribution is -0.122. The molecule has 1 aromatic carbocycles. The standard InChI is InChI=1S/C23H29N5O5/c1-16-3-5-17(6-4-16)22(30)26-18-13-19(23(31)32)21(25-14-18)28-10-8-27(9-11-28)15-20(29)24-7-12-33-2/h3-6,13-14H,7-12,15H2,1-2H3,(H,24,29)(H,26,30)(H,31,32). The summed E-state index contributed by atoms with van der Waals surface area (Å²) in [6.45, 7) is 5.41. The van der Waals surface area contributed by atoms with Gasteiger partial charge in [-0.05, 0) is 25.1 Å². The summed E-state index contributed by atoms with van der Waals surface area (Å²) in [6.07, 6.45) is 1.46. The van der Waals surface area contributed by atoms with E-state index in [0.29, 0.717) is 56.4 Å². The first-order valence-electron chi connectivity index (χ1n) is 10.7. The smallest absolute Gasteiger partial charge is 0.339 e. The van der Waals surface area contributed by atoms with Crippen LogP contribution in [0.3, 0.4) is 0 Å². The van der Waals surface area contributed by atoms with Crippen LogP contribution in [0.15, 0.2) is 36.5 Å². The Hall–Kier alpha value is -3.50. The van der Waals surface area contributed by atoms with E-state index in [9.17, 15) is 19.5 Å². The quantitative estimate of drug-likeness (QED) is 0.482. The number of nitrogens with one attached hydrogen (secondary N) is 2. The van der Waals surface area contributed by atoms with Gasteiger partial charge < -0.3 is 25.4 Å². The summed E-state index contributed by atoms with van der Waals surface area (Å²) in [5, 5.41) is 15.2. The van der Waals surface area contributed by atoms with Crippen molar-refractivity contribution in [3.8, 4) is 0 Å². The first-order valence-corrected chi connectivity index (χ1v) is 10.7. The van der Waals surface area contributed by atoms with Gasteiger partial charge in [-0.25, -0.2) is 9.78 Å². The third-order valence-corrected chi connectivity index (χ3v) is 5.34. The zero-order chi connectivity index (χ0) is 23.8. The Morgan fingerprint density at radius 1 is 1.12 bits per heavy atom. The van der Waals surface area contributed by atoms with Crippen LogP contribution in [0.1, 0.15) is 26.3 Å². The predicted octanol–water partition coefficient (Wildman–Crippen LogP) is 1.23. The van der Waals surface area contributed by atoms with Crippen LogP contribution in [0.25, 0.3) is 0 Å². The van der Waals surface area contributed by atoms with Crippen molar-refractivity contribution in [1.29, 1.82) is 0 Å². The molecule has 2 heterocycles. The van der Waals surface area contributed by atoms with Gasteiger partial charge in [0.15, 0.2) is 0 Å². The average Bonchev–Trinajstić information content (AvgIpc) is 2.80. The Kier molecular flexibility index (Phi) is 8.34. The van der Waals surface area contributed by atoms with E-state index in [1.54, 1.807) is 19.2 Å². The number of hydrogen-bond acceptors (Lipinski definition) is 7. The summed E-state index contributed by atoms with van der Waals surface area (Å²) in [5.74, 6) is -1.18. The van der Waals surface area contributed by atoms with E-state index in [1.807, 2.05) is 28.9 Å². The molecule has 1 aliphatic rings. The van der Waals surface area contributed by atoms with Crippen LogP contribution in [-0.2, 0) is 9.53 Å². The van der Waals surface area contributed by atoms with Gasteiger partial charge in [0.1, 0.15) is 11.4 Å². The fraction of sp³-hybridized carbons (Fsp3) is 0.391. The van der Waals surface area contributed by atoms with E-state index in [4.69, 9.17) is 4.74 Å². The third-order valence-electron chi connectivity index (χ3n) is 5.34. The summed E-state index contributed by atoms with van der Waals surface area (Å²) >= 11 is 0. The van der Waals surface area contributed by atoms with Crippen LogP contribution in [0.5, 0.6) is 0 Å². The molecule has 0 unspecified atom stereocenters. The molecule has 0 saturated carbocycles. The van der Waals surface area contributed by atoms with Crippen molar-refractivity contribution >= 4 is 29.3 Å². The molecule has 2 aromatic rings. The molecule has 0 aliphatic carbocycles. The third kappa shape index (κ3) is 6.74. The van der Waals surface area contributed by atoms with E-state index in [1.165, 1.54) is 12.3 Å². The molecule has 176 valence electrons. The average molecular weight is 456 g/mol. The largest absolute Gasteiger partial charge is 0.478 e. The highest BCUT2D eigenvalue weighted by atomic mass is 16.5. The molecule has 0 bridgehead atoms. The number of carboxylic acid groups (broad SMARTS) is 1. The Bertz CT molecular complexity index is 987. The van der Waals surface area contributed by atoms with E-state index in [2.05, 4.69) is 15.6 Å². The highest BCUT2D eigenvalue weighted by molar-refractivity contribution is 6.05. The minimum absolute atomic E-state index is 0.0162. The number of pyridine rings is 1. The molecule has 0 atom stereocenters. The Balaban J connectivity index is 1.62. The molecule has 10 nitrogen and oxygen atoms in total. The fourth-order valence-corrected chi connectivity index (χ4v) is 3.51. The number of methoxy groups -OCH3 is 1. The number of aromatic carboxylic acids is 1. The van der Waals surface area contributed by atoms with Crippen molar-refractivity contribution in [1.82, 2.24) is 15.2 Å². The number of aromatic nitrogens is 1. The summed E-state index contributed by atoms with van der Waals surface area (Å²) in [7, 11) is 1.58. The number of anilines is 2. The lowest BCUT2D eigenvalue weighted by atomic mass is 10.1. The molecule has 2 amide bonds. The maximum atomic E-state index is 12.5. The molecular weight excluding hydrogens is 426 g/mol. The Labute approximate surface area is 192 Å². The van der Waals surface area contributed by atoms with Crippen LogP contribution in [-0.4, -0.2) is 85.8 Å². The number of carboxylic acids is 1. The van der Waals surface area contributed by atoms with Crippen LogP contribution in [0.4, 0.5) is 11.5 Å². The zero-order valence-corrected chi connectivity index (χ0v) is 18.8. The van der Waals surface area contributed by atoms with E-state index in [0.717, 1.165) is 5.56 Å². The molecule has 3 rings (SSSR count). The highest BCUT2D eigenvalue weighted by Gasteiger charge is 2.24. The van der Waals surface area contributed by atoms with Crippen molar-refractivity contribution in [2.75, 3.05) is 63.2 Å². The molecule has 10 heteroatoms. The Morgan fingerprint density at radius 3 is 2.45 bits per heavy atom. The van der Waals surface area contributed by atoms with Gasteiger partial charge in [-0.15, -0.1) is 0 Å². The van der Waals surface area contributed by atoms with Crippen LogP contribution in [0.2, 0.25) is 0 Å². The lowest BCUT2D eigenvalue weighted by Gasteiger charge is -2.35. The predicted molar refractivity (Wildman–Crippen MR) is 124 cm³/mol. The number of benzene rings is 1. The summed E-state index contributed by atoms with van der Waals surface area (Å²) in [5.41, 5.74) is 1.84. The number of carbonyl (C=O) groups excluding carboxylic acids is 2. The van der Waals surface area contributed by atoms with Gasteiger partial charge in [0, 0.05) is 45.4 Å². The van der Waals surface area contributed by atoms with Crippen molar-refractivity contribution in [2.45, 2.75) is 6.92 Å². The van der Waals surface area contributed by atoms with Crippen LogP contribution in [0, 0.1) is 6.92 Å². The molecule has 33 heavy (non-hydrogen) atoms. The zero-order valence-electron chi connectivity index (χ0n) is 18.8. The normalized spacial score (nSPS) is 14.1. The van der Waals surface area contributed by atoms with E-state index >= 15 is 0 Å². The number of ether oxygens (including phenoxy) is 1. The minimum Gasteiger partial charge on any atom is -0.478 e. The number of nitrogens with zero attached hydrogens (tertiary/aromatic N) is 3. The maximum absolute atomic E-state index is 12.5. The maximum Gasteiger partial charge on any atom is 0.339 e. The first-order chi connectivity index (χ1) is 15.9. The molecule has 1 saturated heterocycles. The highest BCUT2D eigenvalue weighted by Crippen LogP contribution is 2.23. The molecule has 1 aliphatic heterocycles. The molecule has 0 radical (unpaired) electrons.